The second kappa shape index (κ2) is 6.23. The van der Waals surface area contributed by atoms with E-state index >= 15 is 0 Å². The Balaban J connectivity index is 2.28. The molecule has 1 aromatic rings. The monoisotopic (exact) mass is 221 g/mol. The average molecular weight is 221 g/mol. The lowest BCUT2D eigenvalue weighted by Crippen LogP contribution is -2.44. The van der Waals surface area contributed by atoms with Crippen LogP contribution in [0.25, 0.3) is 0 Å². The highest BCUT2D eigenvalue weighted by Gasteiger charge is 2.16. The van der Waals surface area contributed by atoms with Crippen molar-refractivity contribution in [3.8, 4) is 0 Å². The number of carbonyl (C=O) groups excluding carboxylic acids is 1. The first-order valence-electron chi connectivity index (χ1n) is 5.54. The number of nitrogens with one attached hydrogen (secondary N) is 1. The summed E-state index contributed by atoms with van der Waals surface area (Å²) in [5.74, 6) is 0.0702. The third-order valence-corrected chi connectivity index (χ3v) is 2.43. The topological polar surface area (TPSA) is 68.0 Å². The standard InChI is InChI=1S/C12H19N3O/c1-9(2)11(13)12(16)15-8-6-10-5-3-4-7-14-10/h3-5,7,9,11H,6,8,13H2,1-2H3,(H,15,16). The Morgan fingerprint density at radius 2 is 2.25 bits per heavy atom. The van der Waals surface area contributed by atoms with Crippen molar-refractivity contribution in [3.63, 3.8) is 0 Å². The number of hydrogen-bond acceptors (Lipinski definition) is 3. The molecule has 0 aromatic carbocycles. The molecule has 1 unspecified atom stereocenters. The van der Waals surface area contributed by atoms with Crippen LogP contribution >= 0.6 is 0 Å². The fourth-order valence-electron chi connectivity index (χ4n) is 1.28. The molecule has 1 heterocycles. The molecular weight excluding hydrogens is 202 g/mol. The molecule has 0 saturated heterocycles. The molecule has 0 aliphatic heterocycles. The Hall–Kier alpha value is -1.42. The van der Waals surface area contributed by atoms with E-state index in [9.17, 15) is 4.79 Å². The van der Waals surface area contributed by atoms with E-state index in [1.54, 1.807) is 6.20 Å². The highest BCUT2D eigenvalue weighted by molar-refractivity contribution is 5.81. The smallest absolute Gasteiger partial charge is 0.237 e. The number of nitrogens with two attached hydrogens (primary N) is 1. The number of aromatic nitrogens is 1. The summed E-state index contributed by atoms with van der Waals surface area (Å²) >= 11 is 0. The lowest BCUT2D eigenvalue weighted by Gasteiger charge is -2.14. The number of rotatable bonds is 5. The third-order valence-electron chi connectivity index (χ3n) is 2.43. The summed E-state index contributed by atoms with van der Waals surface area (Å²) in [4.78, 5) is 15.7. The van der Waals surface area contributed by atoms with Gasteiger partial charge in [0.2, 0.25) is 5.91 Å². The largest absolute Gasteiger partial charge is 0.354 e. The fourth-order valence-corrected chi connectivity index (χ4v) is 1.28. The van der Waals surface area contributed by atoms with Crippen molar-refractivity contribution in [1.82, 2.24) is 10.3 Å². The Labute approximate surface area is 96.3 Å². The molecule has 0 bridgehead atoms. The third kappa shape index (κ3) is 3.98. The van der Waals surface area contributed by atoms with Crippen molar-refractivity contribution in [2.75, 3.05) is 6.54 Å². The number of amides is 1. The number of hydrogen-bond donors (Lipinski definition) is 2. The molecule has 16 heavy (non-hydrogen) atoms. The first kappa shape index (κ1) is 12.6. The van der Waals surface area contributed by atoms with E-state index in [0.29, 0.717) is 6.54 Å². The molecule has 1 aromatic heterocycles. The molecule has 1 rings (SSSR count). The molecule has 0 saturated carbocycles. The summed E-state index contributed by atoms with van der Waals surface area (Å²) in [5, 5.41) is 2.81. The van der Waals surface area contributed by atoms with Crippen LogP contribution in [0.15, 0.2) is 24.4 Å². The molecular formula is C12H19N3O. The average Bonchev–Trinajstić information content (AvgIpc) is 2.29. The Bertz CT molecular complexity index is 324. The van der Waals surface area contributed by atoms with Crippen LogP contribution in [0.4, 0.5) is 0 Å². The van der Waals surface area contributed by atoms with Gasteiger partial charge in [-0.3, -0.25) is 9.78 Å². The fraction of sp³-hybridized carbons (Fsp3) is 0.500. The normalized spacial score (nSPS) is 12.5. The zero-order valence-corrected chi connectivity index (χ0v) is 9.81. The molecule has 3 N–H and O–H groups in total. The maximum Gasteiger partial charge on any atom is 0.237 e. The molecule has 0 fully saturated rings. The SMILES string of the molecule is CC(C)C(N)C(=O)NCCc1ccccn1. The second-order valence-electron chi connectivity index (χ2n) is 4.13. The van der Waals surface area contributed by atoms with Gasteiger partial charge in [0.05, 0.1) is 6.04 Å². The molecule has 88 valence electrons. The van der Waals surface area contributed by atoms with Crippen LogP contribution in [0.2, 0.25) is 0 Å². The Kier molecular flexibility index (Phi) is 4.92. The van der Waals surface area contributed by atoms with Crippen molar-refractivity contribution in [2.24, 2.45) is 11.7 Å². The van der Waals surface area contributed by atoms with Crippen molar-refractivity contribution < 1.29 is 4.79 Å². The quantitative estimate of drug-likeness (QED) is 0.770. The Morgan fingerprint density at radius 1 is 1.50 bits per heavy atom. The van der Waals surface area contributed by atoms with Crippen LogP contribution in [-0.2, 0) is 11.2 Å². The van der Waals surface area contributed by atoms with Crippen molar-refractivity contribution in [2.45, 2.75) is 26.3 Å². The van der Waals surface area contributed by atoms with E-state index in [1.807, 2.05) is 32.0 Å². The molecule has 0 aliphatic rings. The number of carbonyl (C=O) groups is 1. The van der Waals surface area contributed by atoms with Gasteiger partial charge in [-0.15, -0.1) is 0 Å². The van der Waals surface area contributed by atoms with Crippen molar-refractivity contribution in [3.05, 3.63) is 30.1 Å². The van der Waals surface area contributed by atoms with Crippen molar-refractivity contribution >= 4 is 5.91 Å². The zero-order chi connectivity index (χ0) is 12.0. The predicted octanol–water partition coefficient (Wildman–Crippen LogP) is 0.724. The highest BCUT2D eigenvalue weighted by Crippen LogP contribution is 1.98. The molecule has 1 amide bonds. The van der Waals surface area contributed by atoms with Gasteiger partial charge in [0.15, 0.2) is 0 Å². The van der Waals surface area contributed by atoms with Gasteiger partial charge in [-0.1, -0.05) is 19.9 Å². The van der Waals surface area contributed by atoms with Crippen LogP contribution in [0.5, 0.6) is 0 Å². The zero-order valence-electron chi connectivity index (χ0n) is 9.81. The van der Waals surface area contributed by atoms with E-state index in [4.69, 9.17) is 5.73 Å². The summed E-state index contributed by atoms with van der Waals surface area (Å²) in [6, 6.07) is 5.32. The summed E-state index contributed by atoms with van der Waals surface area (Å²) in [7, 11) is 0. The summed E-state index contributed by atoms with van der Waals surface area (Å²) in [5.41, 5.74) is 6.68. The maximum absolute atomic E-state index is 11.5. The van der Waals surface area contributed by atoms with Gasteiger partial charge in [0, 0.05) is 24.9 Å². The molecule has 0 spiro atoms. The molecule has 4 nitrogen and oxygen atoms in total. The number of pyridine rings is 1. The minimum absolute atomic E-state index is 0.0917. The first-order chi connectivity index (χ1) is 7.61. The van der Waals surface area contributed by atoms with Crippen LogP contribution in [0.1, 0.15) is 19.5 Å². The van der Waals surface area contributed by atoms with Gasteiger partial charge < -0.3 is 11.1 Å². The van der Waals surface area contributed by atoms with Gasteiger partial charge in [-0.2, -0.15) is 0 Å². The van der Waals surface area contributed by atoms with Crippen LogP contribution in [0, 0.1) is 5.92 Å². The molecule has 1 atom stereocenters. The van der Waals surface area contributed by atoms with E-state index in [1.165, 1.54) is 0 Å². The lowest BCUT2D eigenvalue weighted by molar-refractivity contribution is -0.123. The summed E-state index contributed by atoms with van der Waals surface area (Å²) in [6.07, 6.45) is 2.48. The predicted molar refractivity (Wildman–Crippen MR) is 63.8 cm³/mol. The molecule has 0 aliphatic carbocycles. The summed E-state index contributed by atoms with van der Waals surface area (Å²) < 4.78 is 0. The minimum atomic E-state index is -0.427. The van der Waals surface area contributed by atoms with E-state index < -0.39 is 6.04 Å². The van der Waals surface area contributed by atoms with Gasteiger partial charge in [-0.25, -0.2) is 0 Å². The minimum Gasteiger partial charge on any atom is -0.354 e. The van der Waals surface area contributed by atoms with Crippen molar-refractivity contribution in [1.29, 1.82) is 0 Å². The second-order valence-corrected chi connectivity index (χ2v) is 4.13. The van der Waals surface area contributed by atoms with E-state index in [2.05, 4.69) is 10.3 Å². The maximum atomic E-state index is 11.5. The van der Waals surface area contributed by atoms with Gasteiger partial charge in [-0.05, 0) is 18.1 Å². The summed E-state index contributed by atoms with van der Waals surface area (Å²) in [6.45, 7) is 4.45. The lowest BCUT2D eigenvalue weighted by atomic mass is 10.1. The molecule has 4 heteroatoms. The number of nitrogens with zero attached hydrogens (tertiary/aromatic N) is 1. The van der Waals surface area contributed by atoms with Crippen LogP contribution in [0.3, 0.4) is 0 Å². The van der Waals surface area contributed by atoms with Gasteiger partial charge >= 0.3 is 0 Å². The van der Waals surface area contributed by atoms with Crippen LogP contribution in [-0.4, -0.2) is 23.5 Å². The Morgan fingerprint density at radius 3 is 2.81 bits per heavy atom. The van der Waals surface area contributed by atoms with E-state index in [0.717, 1.165) is 12.1 Å². The van der Waals surface area contributed by atoms with Gasteiger partial charge in [0.1, 0.15) is 0 Å². The molecule has 0 radical (unpaired) electrons. The van der Waals surface area contributed by atoms with Crippen LogP contribution < -0.4 is 11.1 Å². The van der Waals surface area contributed by atoms with E-state index in [-0.39, 0.29) is 11.8 Å². The highest BCUT2D eigenvalue weighted by atomic mass is 16.2. The van der Waals surface area contributed by atoms with Gasteiger partial charge in [0.25, 0.3) is 0 Å². The first-order valence-corrected chi connectivity index (χ1v) is 5.54.